The van der Waals surface area contributed by atoms with E-state index in [1.165, 1.54) is 5.69 Å². The zero-order valence-corrected chi connectivity index (χ0v) is 15.6. The minimum absolute atomic E-state index is 0.0454. The van der Waals surface area contributed by atoms with Crippen LogP contribution >= 0.6 is 0 Å². The van der Waals surface area contributed by atoms with Gasteiger partial charge in [-0.2, -0.15) is 0 Å². The second-order valence-corrected chi connectivity index (χ2v) is 6.69. The minimum Gasteiger partial charge on any atom is -0.374 e. The highest BCUT2D eigenvalue weighted by Crippen LogP contribution is 2.20. The van der Waals surface area contributed by atoms with Gasteiger partial charge in [0, 0.05) is 43.2 Å². The molecule has 5 nitrogen and oxygen atoms in total. The average molecular weight is 352 g/mol. The van der Waals surface area contributed by atoms with E-state index in [1.54, 1.807) is 0 Å². The maximum atomic E-state index is 12.3. The van der Waals surface area contributed by atoms with Crippen molar-refractivity contribution in [2.45, 2.75) is 19.9 Å². The molecule has 0 spiro atoms. The van der Waals surface area contributed by atoms with E-state index in [-0.39, 0.29) is 11.9 Å². The van der Waals surface area contributed by atoms with E-state index in [1.807, 2.05) is 49.4 Å². The first-order valence-corrected chi connectivity index (χ1v) is 9.35. The second kappa shape index (κ2) is 8.72. The average Bonchev–Trinajstić information content (AvgIpc) is 2.69. The van der Waals surface area contributed by atoms with Crippen LogP contribution in [0.1, 0.15) is 13.8 Å². The summed E-state index contributed by atoms with van der Waals surface area (Å²) >= 11 is 0. The molecule has 1 aliphatic rings. The summed E-state index contributed by atoms with van der Waals surface area (Å²) in [6.07, 6.45) is 0. The van der Waals surface area contributed by atoms with Crippen LogP contribution in [0.5, 0.6) is 0 Å². The lowest BCUT2D eigenvalue weighted by Crippen LogP contribution is -2.46. The maximum Gasteiger partial charge on any atom is 0.246 e. The van der Waals surface area contributed by atoms with Gasteiger partial charge in [-0.1, -0.05) is 25.1 Å². The van der Waals surface area contributed by atoms with E-state index >= 15 is 0 Å². The number of piperazine rings is 1. The number of nitrogens with one attached hydrogen (secondary N) is 2. The number of nitrogens with zero attached hydrogens (tertiary/aromatic N) is 2. The van der Waals surface area contributed by atoms with Gasteiger partial charge >= 0.3 is 0 Å². The molecule has 0 unspecified atom stereocenters. The van der Waals surface area contributed by atoms with E-state index in [0.29, 0.717) is 0 Å². The Morgan fingerprint density at radius 2 is 1.62 bits per heavy atom. The van der Waals surface area contributed by atoms with Crippen LogP contribution in [0, 0.1) is 0 Å². The van der Waals surface area contributed by atoms with E-state index in [9.17, 15) is 4.79 Å². The second-order valence-electron chi connectivity index (χ2n) is 6.69. The van der Waals surface area contributed by atoms with Gasteiger partial charge in [0.05, 0.1) is 0 Å². The zero-order valence-electron chi connectivity index (χ0n) is 15.6. The Balaban J connectivity index is 1.53. The molecule has 3 rings (SSSR count). The molecule has 0 aromatic heterocycles. The Kier molecular flexibility index (Phi) is 6.12. The van der Waals surface area contributed by atoms with Crippen molar-refractivity contribution in [1.29, 1.82) is 0 Å². The number of amides is 1. The van der Waals surface area contributed by atoms with E-state index in [2.05, 4.69) is 39.5 Å². The normalized spacial score (nSPS) is 16.2. The quantitative estimate of drug-likeness (QED) is 0.838. The monoisotopic (exact) mass is 352 g/mol. The number of hydrogen-bond donors (Lipinski definition) is 2. The third-order valence-electron chi connectivity index (χ3n) is 4.87. The molecule has 0 radical (unpaired) electrons. The first-order valence-electron chi connectivity index (χ1n) is 9.35. The summed E-state index contributed by atoms with van der Waals surface area (Å²) in [5.41, 5.74) is 3.01. The van der Waals surface area contributed by atoms with Gasteiger partial charge in [-0.15, -0.1) is 0 Å². The summed E-state index contributed by atoms with van der Waals surface area (Å²) in [5.74, 6) is -0.0454. The molecule has 1 saturated heterocycles. The highest BCUT2D eigenvalue weighted by molar-refractivity contribution is 5.96. The molecule has 1 amide bonds. The van der Waals surface area contributed by atoms with Crippen molar-refractivity contribution in [3.8, 4) is 0 Å². The van der Waals surface area contributed by atoms with Gasteiger partial charge in [-0.05, 0) is 49.9 Å². The molecule has 5 heteroatoms. The van der Waals surface area contributed by atoms with E-state index in [0.717, 1.165) is 44.1 Å². The molecule has 1 aliphatic heterocycles. The molecular formula is C21H28N4O. The zero-order chi connectivity index (χ0) is 18.4. The first-order chi connectivity index (χ1) is 12.7. The fourth-order valence-corrected chi connectivity index (χ4v) is 3.18. The summed E-state index contributed by atoms with van der Waals surface area (Å²) in [4.78, 5) is 17.2. The standard InChI is InChI=1S/C21H28N4O/c1-3-24-13-15-25(16-14-24)20-11-9-19(10-12-20)22-17(2)21(26)23-18-7-5-4-6-8-18/h4-12,17,22H,3,13-16H2,1-2H3,(H,23,26)/t17-/m0/s1. The van der Waals surface area contributed by atoms with Crippen LogP contribution in [0.15, 0.2) is 54.6 Å². The van der Waals surface area contributed by atoms with E-state index in [4.69, 9.17) is 0 Å². The number of para-hydroxylation sites is 1. The Labute approximate surface area is 156 Å². The SMILES string of the molecule is CCN1CCN(c2ccc(N[C@@H](C)C(=O)Nc3ccccc3)cc2)CC1. The number of carbonyl (C=O) groups excluding carboxylic acids is 1. The van der Waals surface area contributed by atoms with E-state index < -0.39 is 0 Å². The molecule has 2 aromatic carbocycles. The lowest BCUT2D eigenvalue weighted by atomic mass is 10.2. The Hall–Kier alpha value is -2.53. The van der Waals surface area contributed by atoms with Crippen LogP contribution in [-0.2, 0) is 4.79 Å². The molecular weight excluding hydrogens is 324 g/mol. The van der Waals surface area contributed by atoms with Crippen molar-refractivity contribution in [2.75, 3.05) is 48.3 Å². The molecule has 0 aliphatic carbocycles. The van der Waals surface area contributed by atoms with Crippen LogP contribution in [0.25, 0.3) is 0 Å². The lowest BCUT2D eigenvalue weighted by Gasteiger charge is -2.35. The number of anilines is 3. The van der Waals surface area contributed by atoms with Crippen molar-refractivity contribution < 1.29 is 4.79 Å². The fourth-order valence-electron chi connectivity index (χ4n) is 3.18. The topological polar surface area (TPSA) is 47.6 Å². The van der Waals surface area contributed by atoms with Crippen LogP contribution < -0.4 is 15.5 Å². The van der Waals surface area contributed by atoms with Crippen molar-refractivity contribution in [1.82, 2.24) is 4.90 Å². The van der Waals surface area contributed by atoms with Gasteiger partial charge in [0.1, 0.15) is 6.04 Å². The molecule has 2 N–H and O–H groups in total. The molecule has 1 atom stereocenters. The molecule has 0 saturated carbocycles. The highest BCUT2D eigenvalue weighted by Gasteiger charge is 2.16. The summed E-state index contributed by atoms with van der Waals surface area (Å²) in [6.45, 7) is 9.58. The van der Waals surface area contributed by atoms with Crippen molar-refractivity contribution >= 4 is 23.0 Å². The predicted molar refractivity (Wildman–Crippen MR) is 109 cm³/mol. The van der Waals surface area contributed by atoms with Crippen molar-refractivity contribution in [2.24, 2.45) is 0 Å². The summed E-state index contributed by atoms with van der Waals surface area (Å²) in [6, 6.07) is 17.6. The maximum absolute atomic E-state index is 12.3. The third kappa shape index (κ3) is 4.76. The van der Waals surface area contributed by atoms with Crippen LogP contribution in [-0.4, -0.2) is 49.6 Å². The first kappa shape index (κ1) is 18.3. The fraction of sp³-hybridized carbons (Fsp3) is 0.381. The number of likely N-dealkylation sites (N-methyl/N-ethyl adjacent to an activating group) is 1. The van der Waals surface area contributed by atoms with Crippen LogP contribution in [0.3, 0.4) is 0 Å². The number of benzene rings is 2. The van der Waals surface area contributed by atoms with Crippen LogP contribution in [0.2, 0.25) is 0 Å². The molecule has 2 aromatic rings. The summed E-state index contributed by atoms with van der Waals surface area (Å²) in [7, 11) is 0. The highest BCUT2D eigenvalue weighted by atomic mass is 16.2. The molecule has 138 valence electrons. The van der Waals surface area contributed by atoms with Crippen LogP contribution in [0.4, 0.5) is 17.1 Å². The van der Waals surface area contributed by atoms with Gasteiger partial charge < -0.3 is 20.4 Å². The summed E-state index contributed by atoms with van der Waals surface area (Å²) < 4.78 is 0. The number of rotatable bonds is 6. The lowest BCUT2D eigenvalue weighted by molar-refractivity contribution is -0.116. The Bertz CT molecular complexity index is 694. The number of carbonyl (C=O) groups is 1. The van der Waals surface area contributed by atoms with Gasteiger partial charge in [-0.25, -0.2) is 0 Å². The predicted octanol–water partition coefficient (Wildman–Crippen LogP) is 3.27. The molecule has 1 heterocycles. The van der Waals surface area contributed by atoms with Crippen molar-refractivity contribution in [3.63, 3.8) is 0 Å². The third-order valence-corrected chi connectivity index (χ3v) is 4.87. The van der Waals surface area contributed by atoms with Gasteiger partial charge in [0.25, 0.3) is 0 Å². The minimum atomic E-state index is -0.311. The Morgan fingerprint density at radius 1 is 0.962 bits per heavy atom. The Morgan fingerprint density at radius 3 is 2.23 bits per heavy atom. The molecule has 26 heavy (non-hydrogen) atoms. The van der Waals surface area contributed by atoms with Gasteiger partial charge in [-0.3, -0.25) is 4.79 Å². The largest absolute Gasteiger partial charge is 0.374 e. The summed E-state index contributed by atoms with van der Waals surface area (Å²) in [5, 5.41) is 6.19. The smallest absolute Gasteiger partial charge is 0.246 e. The van der Waals surface area contributed by atoms with Crippen molar-refractivity contribution in [3.05, 3.63) is 54.6 Å². The number of hydrogen-bond acceptors (Lipinski definition) is 4. The molecule has 0 bridgehead atoms. The van der Waals surface area contributed by atoms with Gasteiger partial charge in [0.15, 0.2) is 0 Å². The van der Waals surface area contributed by atoms with Gasteiger partial charge in [0.2, 0.25) is 5.91 Å². The molecule has 1 fully saturated rings.